The molecule has 0 heterocycles. The van der Waals surface area contributed by atoms with Crippen molar-refractivity contribution in [2.75, 3.05) is 0 Å². The van der Waals surface area contributed by atoms with E-state index in [0.29, 0.717) is 11.1 Å². The number of hydrogen-bond acceptors (Lipinski definition) is 1. The molecule has 1 atom stereocenters. The number of halogens is 1. The third kappa shape index (κ3) is 3.39. The summed E-state index contributed by atoms with van der Waals surface area (Å²) in [5.41, 5.74) is 0.945. The number of carbonyl (C=O) groups is 1. The van der Waals surface area contributed by atoms with Gasteiger partial charge in [0.25, 0.3) is 0 Å². The zero-order chi connectivity index (χ0) is 13.0. The van der Waals surface area contributed by atoms with Crippen LogP contribution in [-0.2, 0) is 0 Å². The van der Waals surface area contributed by atoms with E-state index >= 15 is 0 Å². The molecule has 0 spiro atoms. The summed E-state index contributed by atoms with van der Waals surface area (Å²) in [4.78, 5) is 11.8. The third-order valence-corrected chi connectivity index (χ3v) is 3.75. The highest BCUT2D eigenvalue weighted by molar-refractivity contribution is 6.31. The first-order chi connectivity index (χ1) is 8.66. The lowest BCUT2D eigenvalue weighted by molar-refractivity contribution is 0.234. The van der Waals surface area contributed by atoms with Crippen LogP contribution in [-0.4, -0.2) is 12.1 Å². The van der Waals surface area contributed by atoms with Crippen LogP contribution >= 0.6 is 11.6 Å². The summed E-state index contributed by atoms with van der Waals surface area (Å²) < 4.78 is 0. The fourth-order valence-electron chi connectivity index (χ4n) is 2.40. The van der Waals surface area contributed by atoms with Crippen molar-refractivity contribution in [1.82, 2.24) is 10.6 Å². The number of benzene rings is 1. The Morgan fingerprint density at radius 3 is 2.67 bits per heavy atom. The van der Waals surface area contributed by atoms with Crippen LogP contribution in [0.1, 0.15) is 44.2 Å². The molecule has 1 aliphatic carbocycles. The Kier molecular flexibility index (Phi) is 4.48. The van der Waals surface area contributed by atoms with Crippen LogP contribution < -0.4 is 10.6 Å². The largest absolute Gasteiger partial charge is 0.335 e. The van der Waals surface area contributed by atoms with Crippen molar-refractivity contribution in [3.05, 3.63) is 34.9 Å². The highest BCUT2D eigenvalue weighted by Crippen LogP contribution is 2.22. The first-order valence-corrected chi connectivity index (χ1v) is 6.86. The molecule has 98 valence electrons. The van der Waals surface area contributed by atoms with Gasteiger partial charge in [0.15, 0.2) is 0 Å². The van der Waals surface area contributed by atoms with Crippen LogP contribution in [0.25, 0.3) is 0 Å². The molecule has 1 aliphatic rings. The second-order valence-corrected chi connectivity index (χ2v) is 5.25. The average Bonchev–Trinajstić information content (AvgIpc) is 2.82. The highest BCUT2D eigenvalue weighted by Gasteiger charge is 2.18. The van der Waals surface area contributed by atoms with E-state index in [2.05, 4.69) is 10.6 Å². The first kappa shape index (κ1) is 13.2. The molecular weight excluding hydrogens is 248 g/mol. The van der Waals surface area contributed by atoms with E-state index in [1.807, 2.05) is 31.2 Å². The fourth-order valence-corrected chi connectivity index (χ4v) is 2.70. The zero-order valence-corrected chi connectivity index (χ0v) is 11.3. The number of urea groups is 1. The van der Waals surface area contributed by atoms with Gasteiger partial charge in [-0.25, -0.2) is 4.79 Å². The Morgan fingerprint density at radius 2 is 2.00 bits per heavy atom. The normalized spacial score (nSPS) is 17.4. The van der Waals surface area contributed by atoms with E-state index in [1.165, 1.54) is 12.8 Å². The van der Waals surface area contributed by atoms with Gasteiger partial charge in [0.1, 0.15) is 0 Å². The average molecular weight is 267 g/mol. The van der Waals surface area contributed by atoms with Gasteiger partial charge >= 0.3 is 6.03 Å². The molecule has 1 saturated carbocycles. The van der Waals surface area contributed by atoms with Gasteiger partial charge in [0.05, 0.1) is 6.04 Å². The molecule has 1 fully saturated rings. The molecule has 2 N–H and O–H groups in total. The second kappa shape index (κ2) is 6.10. The van der Waals surface area contributed by atoms with Crippen LogP contribution in [0.3, 0.4) is 0 Å². The Morgan fingerprint density at radius 1 is 1.33 bits per heavy atom. The summed E-state index contributed by atoms with van der Waals surface area (Å²) in [6, 6.07) is 7.73. The van der Waals surface area contributed by atoms with E-state index in [9.17, 15) is 4.79 Å². The SMILES string of the molecule is C[C@@H](NC(=O)NC1CCCC1)c1ccccc1Cl. The number of carbonyl (C=O) groups excluding carboxylic acids is 1. The highest BCUT2D eigenvalue weighted by atomic mass is 35.5. The van der Waals surface area contributed by atoms with Gasteiger partial charge in [-0.3, -0.25) is 0 Å². The maximum Gasteiger partial charge on any atom is 0.315 e. The quantitative estimate of drug-likeness (QED) is 0.862. The van der Waals surface area contributed by atoms with Gasteiger partial charge < -0.3 is 10.6 Å². The molecular formula is C14H19ClN2O. The Hall–Kier alpha value is -1.22. The summed E-state index contributed by atoms with van der Waals surface area (Å²) in [5, 5.41) is 6.62. The molecule has 4 heteroatoms. The molecule has 0 unspecified atom stereocenters. The van der Waals surface area contributed by atoms with Crippen LogP contribution in [0.5, 0.6) is 0 Å². The van der Waals surface area contributed by atoms with Crippen molar-refractivity contribution in [2.24, 2.45) is 0 Å². The second-order valence-electron chi connectivity index (χ2n) is 4.84. The topological polar surface area (TPSA) is 41.1 Å². The van der Waals surface area contributed by atoms with E-state index in [0.717, 1.165) is 18.4 Å². The fraction of sp³-hybridized carbons (Fsp3) is 0.500. The minimum Gasteiger partial charge on any atom is -0.335 e. The predicted octanol–water partition coefficient (Wildman–Crippen LogP) is 3.64. The number of rotatable bonds is 3. The Labute approximate surface area is 113 Å². The molecule has 18 heavy (non-hydrogen) atoms. The number of hydrogen-bond donors (Lipinski definition) is 2. The van der Waals surface area contributed by atoms with Crippen molar-refractivity contribution in [3.63, 3.8) is 0 Å². The smallest absolute Gasteiger partial charge is 0.315 e. The van der Waals surface area contributed by atoms with Crippen molar-refractivity contribution in [3.8, 4) is 0 Å². The van der Waals surface area contributed by atoms with Gasteiger partial charge in [-0.15, -0.1) is 0 Å². The minimum absolute atomic E-state index is 0.0832. The molecule has 0 radical (unpaired) electrons. The van der Waals surface area contributed by atoms with Crippen LogP contribution in [0.15, 0.2) is 24.3 Å². The maximum absolute atomic E-state index is 11.8. The van der Waals surface area contributed by atoms with Gasteiger partial charge in [0, 0.05) is 11.1 Å². The van der Waals surface area contributed by atoms with Crippen molar-refractivity contribution >= 4 is 17.6 Å². The van der Waals surface area contributed by atoms with Crippen molar-refractivity contribution in [2.45, 2.75) is 44.7 Å². The molecule has 0 aliphatic heterocycles. The van der Waals surface area contributed by atoms with Gasteiger partial charge in [-0.2, -0.15) is 0 Å². The van der Waals surface area contributed by atoms with Crippen molar-refractivity contribution in [1.29, 1.82) is 0 Å². The summed E-state index contributed by atoms with van der Waals surface area (Å²) in [6.45, 7) is 1.94. The molecule has 1 aromatic carbocycles. The third-order valence-electron chi connectivity index (χ3n) is 3.41. The molecule has 0 saturated heterocycles. The number of nitrogens with one attached hydrogen (secondary N) is 2. The summed E-state index contributed by atoms with van der Waals surface area (Å²) in [5.74, 6) is 0. The maximum atomic E-state index is 11.8. The van der Waals surface area contributed by atoms with E-state index in [4.69, 9.17) is 11.6 Å². The summed E-state index contributed by atoms with van der Waals surface area (Å²) in [7, 11) is 0. The molecule has 2 rings (SSSR count). The molecule has 0 aromatic heterocycles. The molecule has 1 aromatic rings. The standard InChI is InChI=1S/C14H19ClN2O/c1-10(12-8-4-5-9-13(12)15)16-14(18)17-11-6-2-3-7-11/h4-5,8-11H,2-3,6-7H2,1H3,(H2,16,17,18)/t10-/m1/s1. The lowest BCUT2D eigenvalue weighted by atomic mass is 10.1. The zero-order valence-electron chi connectivity index (χ0n) is 10.6. The molecule has 3 nitrogen and oxygen atoms in total. The number of amides is 2. The van der Waals surface area contributed by atoms with Crippen LogP contribution in [0.2, 0.25) is 5.02 Å². The molecule has 2 amide bonds. The van der Waals surface area contributed by atoms with Crippen LogP contribution in [0.4, 0.5) is 4.79 Å². The van der Waals surface area contributed by atoms with E-state index in [1.54, 1.807) is 0 Å². The molecule has 0 bridgehead atoms. The lowest BCUT2D eigenvalue weighted by Gasteiger charge is -2.18. The lowest BCUT2D eigenvalue weighted by Crippen LogP contribution is -2.41. The van der Waals surface area contributed by atoms with Crippen molar-refractivity contribution < 1.29 is 4.79 Å². The Bertz CT molecular complexity index is 416. The minimum atomic E-state index is -0.102. The predicted molar refractivity (Wildman–Crippen MR) is 73.8 cm³/mol. The summed E-state index contributed by atoms with van der Waals surface area (Å²) >= 11 is 6.10. The van der Waals surface area contributed by atoms with E-state index in [-0.39, 0.29) is 12.1 Å². The monoisotopic (exact) mass is 266 g/mol. The van der Waals surface area contributed by atoms with Gasteiger partial charge in [-0.1, -0.05) is 42.6 Å². The van der Waals surface area contributed by atoms with Crippen LogP contribution in [0, 0.1) is 0 Å². The summed E-state index contributed by atoms with van der Waals surface area (Å²) in [6.07, 6.45) is 4.61. The Balaban J connectivity index is 1.88. The first-order valence-electron chi connectivity index (χ1n) is 6.48. The van der Waals surface area contributed by atoms with Gasteiger partial charge in [0.2, 0.25) is 0 Å². The van der Waals surface area contributed by atoms with E-state index < -0.39 is 0 Å². The van der Waals surface area contributed by atoms with Gasteiger partial charge in [-0.05, 0) is 31.4 Å².